The molecular formula is C19H26ClN3O3. The molecule has 6 nitrogen and oxygen atoms in total. The number of rotatable bonds is 9. The van der Waals surface area contributed by atoms with Crippen LogP contribution in [0.25, 0.3) is 0 Å². The molecule has 1 aromatic heterocycles. The lowest BCUT2D eigenvalue weighted by Gasteiger charge is -2.10. The molecule has 0 bridgehead atoms. The van der Waals surface area contributed by atoms with Gasteiger partial charge in [0.05, 0.1) is 6.10 Å². The van der Waals surface area contributed by atoms with Gasteiger partial charge in [-0.15, -0.1) is 0 Å². The van der Waals surface area contributed by atoms with Gasteiger partial charge in [0.2, 0.25) is 0 Å². The molecule has 0 spiro atoms. The Bertz CT molecular complexity index is 720. The van der Waals surface area contributed by atoms with Crippen LogP contribution in [0.2, 0.25) is 5.02 Å². The Morgan fingerprint density at radius 1 is 1.31 bits per heavy atom. The second kappa shape index (κ2) is 9.59. The molecule has 0 saturated heterocycles. The van der Waals surface area contributed by atoms with E-state index in [4.69, 9.17) is 21.1 Å². The van der Waals surface area contributed by atoms with Crippen LogP contribution in [0.3, 0.4) is 0 Å². The first-order valence-corrected chi connectivity index (χ1v) is 9.07. The summed E-state index contributed by atoms with van der Waals surface area (Å²) in [5.74, 6) is 0.516. The molecule has 7 heteroatoms. The summed E-state index contributed by atoms with van der Waals surface area (Å²) in [7, 11) is 0. The third-order valence-corrected chi connectivity index (χ3v) is 4.30. The maximum absolute atomic E-state index is 12.1. The lowest BCUT2D eigenvalue weighted by molar-refractivity contribution is 0.0756. The first-order chi connectivity index (χ1) is 12.4. The fourth-order valence-electron chi connectivity index (χ4n) is 2.37. The minimum atomic E-state index is -0.202. The van der Waals surface area contributed by atoms with E-state index in [0.29, 0.717) is 18.8 Å². The van der Waals surface area contributed by atoms with Crippen molar-refractivity contribution in [3.8, 4) is 5.75 Å². The highest BCUT2D eigenvalue weighted by atomic mass is 35.5. The third kappa shape index (κ3) is 6.04. The SMILES string of the molecule is Cc1cc(OCn2ccc(C(=O)NCCCOC(C)C)n2)cc(C)c1Cl. The van der Waals surface area contributed by atoms with E-state index in [1.165, 1.54) is 0 Å². The number of hydrogen-bond acceptors (Lipinski definition) is 4. The molecule has 2 aromatic rings. The normalized spacial score (nSPS) is 11.0. The van der Waals surface area contributed by atoms with Gasteiger partial charge >= 0.3 is 0 Å². The minimum Gasteiger partial charge on any atom is -0.471 e. The van der Waals surface area contributed by atoms with E-state index in [1.54, 1.807) is 16.9 Å². The van der Waals surface area contributed by atoms with Crippen LogP contribution in [0.1, 0.15) is 41.9 Å². The van der Waals surface area contributed by atoms with Crippen LogP contribution < -0.4 is 10.1 Å². The minimum absolute atomic E-state index is 0.202. The summed E-state index contributed by atoms with van der Waals surface area (Å²) in [6, 6.07) is 5.43. The average molecular weight is 380 g/mol. The first kappa shape index (κ1) is 20.3. The number of amides is 1. The summed E-state index contributed by atoms with van der Waals surface area (Å²) in [6.07, 6.45) is 2.68. The molecule has 0 unspecified atom stereocenters. The number of carbonyl (C=O) groups is 1. The van der Waals surface area contributed by atoms with Gasteiger partial charge in [0, 0.05) is 24.4 Å². The van der Waals surface area contributed by atoms with E-state index in [-0.39, 0.29) is 18.7 Å². The summed E-state index contributed by atoms with van der Waals surface area (Å²) in [5.41, 5.74) is 2.29. The van der Waals surface area contributed by atoms with E-state index >= 15 is 0 Å². The second-order valence-electron chi connectivity index (χ2n) is 6.41. The Labute approximate surface area is 159 Å². The van der Waals surface area contributed by atoms with Gasteiger partial charge in [-0.25, -0.2) is 4.68 Å². The molecule has 0 fully saturated rings. The largest absolute Gasteiger partial charge is 0.471 e. The Morgan fingerprint density at radius 3 is 2.65 bits per heavy atom. The molecule has 26 heavy (non-hydrogen) atoms. The van der Waals surface area contributed by atoms with Crippen molar-refractivity contribution in [2.24, 2.45) is 0 Å². The summed E-state index contributed by atoms with van der Waals surface area (Å²) >= 11 is 6.16. The smallest absolute Gasteiger partial charge is 0.271 e. The molecule has 1 heterocycles. The zero-order valence-corrected chi connectivity index (χ0v) is 16.5. The zero-order chi connectivity index (χ0) is 19.1. The number of aromatic nitrogens is 2. The van der Waals surface area contributed by atoms with Crippen molar-refractivity contribution in [1.29, 1.82) is 0 Å². The van der Waals surface area contributed by atoms with Crippen molar-refractivity contribution in [1.82, 2.24) is 15.1 Å². The van der Waals surface area contributed by atoms with E-state index in [0.717, 1.165) is 28.3 Å². The van der Waals surface area contributed by atoms with Crippen LogP contribution in [0, 0.1) is 13.8 Å². The number of hydrogen-bond donors (Lipinski definition) is 1. The average Bonchev–Trinajstić information content (AvgIpc) is 3.06. The molecule has 1 amide bonds. The van der Waals surface area contributed by atoms with Crippen LogP contribution in [-0.2, 0) is 11.5 Å². The van der Waals surface area contributed by atoms with Crippen molar-refractivity contribution >= 4 is 17.5 Å². The number of aryl methyl sites for hydroxylation is 2. The topological polar surface area (TPSA) is 65.4 Å². The van der Waals surface area contributed by atoms with Gasteiger partial charge in [-0.05, 0) is 63.4 Å². The van der Waals surface area contributed by atoms with Crippen LogP contribution in [-0.4, -0.2) is 34.9 Å². The molecule has 0 aliphatic heterocycles. The van der Waals surface area contributed by atoms with E-state index < -0.39 is 0 Å². The molecule has 2 rings (SSSR count). The summed E-state index contributed by atoms with van der Waals surface area (Å²) in [4.78, 5) is 12.1. The predicted molar refractivity (Wildman–Crippen MR) is 102 cm³/mol. The van der Waals surface area contributed by atoms with Gasteiger partial charge < -0.3 is 14.8 Å². The van der Waals surface area contributed by atoms with Gasteiger partial charge in [0.25, 0.3) is 5.91 Å². The number of halogens is 1. The van der Waals surface area contributed by atoms with Gasteiger partial charge in [-0.1, -0.05) is 11.6 Å². The Morgan fingerprint density at radius 2 is 2.00 bits per heavy atom. The molecule has 0 radical (unpaired) electrons. The molecular weight excluding hydrogens is 354 g/mol. The monoisotopic (exact) mass is 379 g/mol. The van der Waals surface area contributed by atoms with E-state index in [9.17, 15) is 4.79 Å². The van der Waals surface area contributed by atoms with E-state index in [2.05, 4.69) is 10.4 Å². The van der Waals surface area contributed by atoms with Crippen LogP contribution >= 0.6 is 11.6 Å². The number of benzene rings is 1. The number of ether oxygens (including phenoxy) is 2. The molecule has 0 aliphatic rings. The quantitative estimate of drug-likeness (QED) is 0.674. The molecule has 0 atom stereocenters. The first-order valence-electron chi connectivity index (χ1n) is 8.69. The van der Waals surface area contributed by atoms with Crippen LogP contribution in [0.15, 0.2) is 24.4 Å². The fourth-order valence-corrected chi connectivity index (χ4v) is 2.48. The summed E-state index contributed by atoms with van der Waals surface area (Å²) < 4.78 is 12.7. The highest BCUT2D eigenvalue weighted by Gasteiger charge is 2.09. The Balaban J connectivity index is 1.81. The maximum atomic E-state index is 12.1. The lowest BCUT2D eigenvalue weighted by Crippen LogP contribution is -2.26. The molecule has 142 valence electrons. The Kier molecular flexibility index (Phi) is 7.48. The zero-order valence-electron chi connectivity index (χ0n) is 15.7. The van der Waals surface area contributed by atoms with Gasteiger partial charge in [0.15, 0.2) is 6.73 Å². The third-order valence-electron chi connectivity index (χ3n) is 3.70. The molecule has 1 N–H and O–H groups in total. The number of carbonyl (C=O) groups excluding carboxylic acids is 1. The van der Waals surface area contributed by atoms with Gasteiger partial charge in [-0.2, -0.15) is 5.10 Å². The standard InChI is InChI=1S/C19H26ClN3O3/c1-13(2)25-9-5-7-21-19(24)17-6-8-23(22-17)12-26-16-10-14(3)18(20)15(4)11-16/h6,8,10-11,13H,5,7,9,12H2,1-4H3,(H,21,24). The van der Waals surface area contributed by atoms with Crippen molar-refractivity contribution in [2.45, 2.75) is 47.0 Å². The maximum Gasteiger partial charge on any atom is 0.271 e. The summed E-state index contributed by atoms with van der Waals surface area (Å²) in [6.45, 7) is 9.24. The van der Waals surface area contributed by atoms with Crippen molar-refractivity contribution in [3.05, 3.63) is 46.2 Å². The van der Waals surface area contributed by atoms with E-state index in [1.807, 2.05) is 39.8 Å². The highest BCUT2D eigenvalue weighted by molar-refractivity contribution is 6.32. The van der Waals surface area contributed by atoms with Gasteiger partial charge in [0.1, 0.15) is 11.4 Å². The Hall–Kier alpha value is -2.05. The predicted octanol–water partition coefficient (Wildman–Crippen LogP) is 3.73. The van der Waals surface area contributed by atoms with Crippen LogP contribution in [0.5, 0.6) is 5.75 Å². The van der Waals surface area contributed by atoms with Crippen molar-refractivity contribution in [2.75, 3.05) is 13.2 Å². The number of nitrogens with zero attached hydrogens (tertiary/aromatic N) is 2. The van der Waals surface area contributed by atoms with Crippen LogP contribution in [0.4, 0.5) is 0 Å². The fraction of sp³-hybridized carbons (Fsp3) is 0.474. The summed E-state index contributed by atoms with van der Waals surface area (Å²) in [5, 5.41) is 7.81. The molecule has 1 aromatic carbocycles. The highest BCUT2D eigenvalue weighted by Crippen LogP contribution is 2.25. The molecule has 0 aliphatic carbocycles. The van der Waals surface area contributed by atoms with Crippen molar-refractivity contribution < 1.29 is 14.3 Å². The lowest BCUT2D eigenvalue weighted by atomic mass is 10.1. The second-order valence-corrected chi connectivity index (χ2v) is 6.79. The van der Waals surface area contributed by atoms with Gasteiger partial charge in [-0.3, -0.25) is 4.79 Å². The van der Waals surface area contributed by atoms with Crippen molar-refractivity contribution in [3.63, 3.8) is 0 Å². The number of nitrogens with one attached hydrogen (secondary N) is 1. The molecule has 0 saturated carbocycles.